The molecule has 2 N–H and O–H groups in total. The minimum absolute atomic E-state index is 0.0864. The number of carbonyl (C=O) groups is 1. The number of rotatable bonds is 7. The predicted molar refractivity (Wildman–Crippen MR) is 66.6 cm³/mol. The van der Waals surface area contributed by atoms with Crippen LogP contribution in [0.15, 0.2) is 0 Å². The summed E-state index contributed by atoms with van der Waals surface area (Å²) < 4.78 is 5.46. The van der Waals surface area contributed by atoms with Crippen molar-refractivity contribution < 1.29 is 14.6 Å². The van der Waals surface area contributed by atoms with E-state index in [9.17, 15) is 4.79 Å². The average Bonchev–Trinajstić information content (AvgIpc) is 2.24. The zero-order valence-electron chi connectivity index (χ0n) is 11.2. The van der Waals surface area contributed by atoms with Crippen molar-refractivity contribution in [3.8, 4) is 0 Å². The molecule has 17 heavy (non-hydrogen) atoms. The molecule has 1 amide bonds. The first-order chi connectivity index (χ1) is 7.96. The number of ether oxygens (including phenoxy) is 1. The van der Waals surface area contributed by atoms with Crippen molar-refractivity contribution in [3.05, 3.63) is 0 Å². The van der Waals surface area contributed by atoms with Crippen LogP contribution in [-0.2, 0) is 9.53 Å². The molecule has 1 saturated carbocycles. The highest BCUT2D eigenvalue weighted by Crippen LogP contribution is 2.32. The van der Waals surface area contributed by atoms with Crippen molar-refractivity contribution in [1.82, 2.24) is 5.32 Å². The molecule has 4 heteroatoms. The smallest absolute Gasteiger partial charge is 0.220 e. The SMILES string of the molecule is CCOC1CC(CC(=O)NCC(C)(C)CO)C1. The van der Waals surface area contributed by atoms with Gasteiger partial charge in [-0.3, -0.25) is 4.79 Å². The maximum atomic E-state index is 11.6. The Bertz CT molecular complexity index is 247. The molecule has 0 unspecified atom stereocenters. The number of aliphatic hydroxyl groups excluding tert-OH is 1. The zero-order chi connectivity index (χ0) is 12.9. The van der Waals surface area contributed by atoms with Crippen molar-refractivity contribution >= 4 is 5.91 Å². The Kier molecular flexibility index (Phi) is 5.40. The largest absolute Gasteiger partial charge is 0.396 e. The number of nitrogens with one attached hydrogen (secondary N) is 1. The van der Waals surface area contributed by atoms with Crippen LogP contribution in [0.2, 0.25) is 0 Å². The third-order valence-electron chi connectivity index (χ3n) is 3.26. The van der Waals surface area contributed by atoms with Crippen LogP contribution in [-0.4, -0.2) is 36.9 Å². The first-order valence-corrected chi connectivity index (χ1v) is 6.46. The van der Waals surface area contributed by atoms with Gasteiger partial charge in [0, 0.05) is 31.6 Å². The van der Waals surface area contributed by atoms with Gasteiger partial charge in [-0.2, -0.15) is 0 Å². The molecule has 4 nitrogen and oxygen atoms in total. The van der Waals surface area contributed by atoms with Crippen LogP contribution in [0.3, 0.4) is 0 Å². The molecule has 0 aromatic heterocycles. The van der Waals surface area contributed by atoms with Gasteiger partial charge in [0.25, 0.3) is 0 Å². The van der Waals surface area contributed by atoms with E-state index in [0.717, 1.165) is 19.4 Å². The molecule has 1 aliphatic carbocycles. The molecule has 0 aromatic carbocycles. The van der Waals surface area contributed by atoms with Gasteiger partial charge in [0.2, 0.25) is 5.91 Å². The lowest BCUT2D eigenvalue weighted by molar-refractivity contribution is -0.124. The second-order valence-corrected chi connectivity index (χ2v) is 5.72. The van der Waals surface area contributed by atoms with Gasteiger partial charge >= 0.3 is 0 Å². The van der Waals surface area contributed by atoms with Crippen molar-refractivity contribution in [2.45, 2.75) is 46.1 Å². The summed E-state index contributed by atoms with van der Waals surface area (Å²) in [7, 11) is 0. The highest BCUT2D eigenvalue weighted by molar-refractivity contribution is 5.76. The molecule has 1 aliphatic rings. The van der Waals surface area contributed by atoms with Crippen molar-refractivity contribution in [1.29, 1.82) is 0 Å². The number of amides is 1. The number of hydrogen-bond donors (Lipinski definition) is 2. The Morgan fingerprint density at radius 2 is 2.12 bits per heavy atom. The van der Waals surface area contributed by atoms with Gasteiger partial charge in [-0.05, 0) is 25.7 Å². The highest BCUT2D eigenvalue weighted by Gasteiger charge is 2.31. The molecule has 0 radical (unpaired) electrons. The fraction of sp³-hybridized carbons (Fsp3) is 0.923. The highest BCUT2D eigenvalue weighted by atomic mass is 16.5. The Balaban J connectivity index is 2.11. The quantitative estimate of drug-likeness (QED) is 0.709. The summed E-state index contributed by atoms with van der Waals surface area (Å²) in [4.78, 5) is 11.6. The van der Waals surface area contributed by atoms with E-state index in [1.165, 1.54) is 0 Å². The lowest BCUT2D eigenvalue weighted by Crippen LogP contribution is -2.39. The molecule has 0 bridgehead atoms. The first-order valence-electron chi connectivity index (χ1n) is 6.46. The second-order valence-electron chi connectivity index (χ2n) is 5.72. The first kappa shape index (κ1) is 14.5. The molecule has 0 saturated heterocycles. The number of carbonyl (C=O) groups excluding carboxylic acids is 1. The lowest BCUT2D eigenvalue weighted by Gasteiger charge is -2.34. The Labute approximate surface area is 104 Å². The van der Waals surface area contributed by atoms with Gasteiger partial charge < -0.3 is 15.2 Å². The molecule has 0 aliphatic heterocycles. The zero-order valence-corrected chi connectivity index (χ0v) is 11.2. The van der Waals surface area contributed by atoms with E-state index in [1.54, 1.807) is 0 Å². The summed E-state index contributed by atoms with van der Waals surface area (Å²) in [6.07, 6.45) is 2.96. The Morgan fingerprint density at radius 1 is 1.47 bits per heavy atom. The van der Waals surface area contributed by atoms with E-state index in [-0.39, 0.29) is 17.9 Å². The third kappa shape index (κ3) is 5.04. The standard InChI is InChI=1S/C13H25NO3/c1-4-17-11-5-10(6-11)7-12(16)14-8-13(2,3)9-15/h10-11,15H,4-9H2,1-3H3,(H,14,16). The normalized spacial score (nSPS) is 24.2. The molecule has 1 rings (SSSR count). The van der Waals surface area contributed by atoms with Crippen LogP contribution in [0.1, 0.15) is 40.0 Å². The molecular formula is C13H25NO3. The number of aliphatic hydroxyl groups is 1. The van der Waals surface area contributed by atoms with Gasteiger partial charge in [-0.25, -0.2) is 0 Å². The van der Waals surface area contributed by atoms with Crippen LogP contribution in [0.4, 0.5) is 0 Å². The number of hydrogen-bond acceptors (Lipinski definition) is 3. The summed E-state index contributed by atoms with van der Waals surface area (Å²) >= 11 is 0. The molecule has 0 atom stereocenters. The molecule has 1 fully saturated rings. The molecular weight excluding hydrogens is 218 g/mol. The van der Waals surface area contributed by atoms with Gasteiger partial charge in [0.15, 0.2) is 0 Å². The fourth-order valence-corrected chi connectivity index (χ4v) is 1.94. The molecule has 100 valence electrons. The van der Waals surface area contributed by atoms with Gasteiger partial charge in [0.05, 0.1) is 6.10 Å². The fourth-order valence-electron chi connectivity index (χ4n) is 1.94. The van der Waals surface area contributed by atoms with Gasteiger partial charge in [-0.1, -0.05) is 13.8 Å². The molecule has 0 heterocycles. The second kappa shape index (κ2) is 6.36. The van der Waals surface area contributed by atoms with E-state index in [0.29, 0.717) is 25.0 Å². The van der Waals surface area contributed by atoms with E-state index in [1.807, 2.05) is 20.8 Å². The van der Waals surface area contributed by atoms with Crippen molar-refractivity contribution in [2.24, 2.45) is 11.3 Å². The van der Waals surface area contributed by atoms with Gasteiger partial charge in [0.1, 0.15) is 0 Å². The summed E-state index contributed by atoms with van der Waals surface area (Å²) in [5.41, 5.74) is -0.233. The summed E-state index contributed by atoms with van der Waals surface area (Å²) in [6, 6.07) is 0. The lowest BCUT2D eigenvalue weighted by atomic mass is 9.80. The Morgan fingerprint density at radius 3 is 2.65 bits per heavy atom. The minimum atomic E-state index is -0.233. The van der Waals surface area contributed by atoms with Crippen LogP contribution < -0.4 is 5.32 Å². The predicted octanol–water partition coefficient (Wildman–Crippen LogP) is 1.33. The van der Waals surface area contributed by atoms with E-state index < -0.39 is 0 Å². The molecule has 0 spiro atoms. The van der Waals surface area contributed by atoms with E-state index in [2.05, 4.69) is 5.32 Å². The van der Waals surface area contributed by atoms with E-state index >= 15 is 0 Å². The minimum Gasteiger partial charge on any atom is -0.396 e. The van der Waals surface area contributed by atoms with Crippen LogP contribution >= 0.6 is 0 Å². The summed E-state index contributed by atoms with van der Waals surface area (Å²) in [5, 5.41) is 12.0. The maximum Gasteiger partial charge on any atom is 0.220 e. The summed E-state index contributed by atoms with van der Waals surface area (Å²) in [5.74, 6) is 0.565. The molecule has 0 aromatic rings. The van der Waals surface area contributed by atoms with Crippen LogP contribution in [0.5, 0.6) is 0 Å². The van der Waals surface area contributed by atoms with Crippen LogP contribution in [0, 0.1) is 11.3 Å². The maximum absolute atomic E-state index is 11.6. The van der Waals surface area contributed by atoms with Crippen molar-refractivity contribution in [2.75, 3.05) is 19.8 Å². The van der Waals surface area contributed by atoms with Crippen molar-refractivity contribution in [3.63, 3.8) is 0 Å². The van der Waals surface area contributed by atoms with Crippen LogP contribution in [0.25, 0.3) is 0 Å². The Hall–Kier alpha value is -0.610. The average molecular weight is 243 g/mol. The third-order valence-corrected chi connectivity index (χ3v) is 3.26. The monoisotopic (exact) mass is 243 g/mol. The topological polar surface area (TPSA) is 58.6 Å². The van der Waals surface area contributed by atoms with E-state index in [4.69, 9.17) is 9.84 Å². The summed E-state index contributed by atoms with van der Waals surface area (Å²) in [6.45, 7) is 7.24. The van der Waals surface area contributed by atoms with Gasteiger partial charge in [-0.15, -0.1) is 0 Å².